The van der Waals surface area contributed by atoms with Gasteiger partial charge in [-0.3, -0.25) is 4.79 Å². The van der Waals surface area contributed by atoms with E-state index >= 15 is 0 Å². The van der Waals surface area contributed by atoms with E-state index < -0.39 is 0 Å². The summed E-state index contributed by atoms with van der Waals surface area (Å²) in [6, 6.07) is 10.4. The molecule has 0 spiro atoms. The van der Waals surface area contributed by atoms with Gasteiger partial charge in [0.1, 0.15) is 0 Å². The van der Waals surface area contributed by atoms with Crippen LogP contribution in [0.15, 0.2) is 39.7 Å². The van der Waals surface area contributed by atoms with Crippen LogP contribution in [0, 0.1) is 27.7 Å². The summed E-state index contributed by atoms with van der Waals surface area (Å²) in [6.45, 7) is 10.6. The van der Waals surface area contributed by atoms with Crippen LogP contribution in [-0.2, 0) is 4.79 Å². The minimum Gasteiger partial charge on any atom is -0.349 e. The van der Waals surface area contributed by atoms with E-state index in [4.69, 9.17) is 0 Å². The van der Waals surface area contributed by atoms with Crippen LogP contribution in [0.5, 0.6) is 0 Å². The number of nitrogens with one attached hydrogen (secondary N) is 1. The quantitative estimate of drug-likeness (QED) is 0.577. The molecular weight excluding hydrogens is 394 g/mol. The maximum absolute atomic E-state index is 12.5. The molecule has 25 heavy (non-hydrogen) atoms. The Labute approximate surface area is 163 Å². The normalized spacial score (nSPS) is 12.1. The number of aryl methyl sites for hydroxylation is 2. The molecule has 4 heteroatoms. The van der Waals surface area contributed by atoms with Crippen molar-refractivity contribution < 1.29 is 4.79 Å². The lowest BCUT2D eigenvalue weighted by Crippen LogP contribution is -2.29. The fourth-order valence-electron chi connectivity index (χ4n) is 2.89. The zero-order valence-electron chi connectivity index (χ0n) is 15.6. The minimum absolute atomic E-state index is 0.0580. The molecule has 0 unspecified atom stereocenters. The number of hydrogen-bond acceptors (Lipinski definition) is 2. The van der Waals surface area contributed by atoms with Crippen molar-refractivity contribution in [1.29, 1.82) is 0 Å². The van der Waals surface area contributed by atoms with Gasteiger partial charge in [0.15, 0.2) is 0 Å². The van der Waals surface area contributed by atoms with E-state index in [1.54, 1.807) is 11.8 Å². The molecule has 0 radical (unpaired) electrons. The molecule has 2 aromatic rings. The van der Waals surface area contributed by atoms with Gasteiger partial charge in [-0.1, -0.05) is 41.1 Å². The standard InChI is InChI=1S/C21H26BrNOS/c1-6-19(17-7-9-18(22)10-8-17)23-20(24)12-25-21-15(4)13(2)11-14(3)16(21)5/h7-11,19H,6,12H2,1-5H3,(H,23,24)/t19-/m1/s1. The summed E-state index contributed by atoms with van der Waals surface area (Å²) in [6.07, 6.45) is 0.875. The first-order valence-electron chi connectivity index (χ1n) is 8.58. The van der Waals surface area contributed by atoms with Gasteiger partial charge in [-0.05, 0) is 74.1 Å². The first kappa shape index (κ1) is 20.1. The number of benzene rings is 2. The molecule has 0 fully saturated rings. The van der Waals surface area contributed by atoms with Gasteiger partial charge in [-0.25, -0.2) is 0 Å². The summed E-state index contributed by atoms with van der Waals surface area (Å²) in [4.78, 5) is 13.7. The Bertz CT molecular complexity index is 729. The van der Waals surface area contributed by atoms with Crippen LogP contribution >= 0.6 is 27.7 Å². The lowest BCUT2D eigenvalue weighted by molar-refractivity contribution is -0.119. The van der Waals surface area contributed by atoms with Crippen LogP contribution in [0.3, 0.4) is 0 Å². The highest BCUT2D eigenvalue weighted by Gasteiger charge is 2.15. The third kappa shape index (κ3) is 5.11. The van der Waals surface area contributed by atoms with Crippen LogP contribution in [0.4, 0.5) is 0 Å². The average Bonchev–Trinajstić information content (AvgIpc) is 2.59. The van der Waals surface area contributed by atoms with Crippen molar-refractivity contribution in [2.24, 2.45) is 0 Å². The van der Waals surface area contributed by atoms with Gasteiger partial charge in [0, 0.05) is 9.37 Å². The second-order valence-electron chi connectivity index (χ2n) is 6.46. The Morgan fingerprint density at radius 3 is 2.16 bits per heavy atom. The van der Waals surface area contributed by atoms with Gasteiger partial charge in [0.05, 0.1) is 11.8 Å². The van der Waals surface area contributed by atoms with E-state index in [-0.39, 0.29) is 11.9 Å². The van der Waals surface area contributed by atoms with Crippen molar-refractivity contribution in [2.45, 2.75) is 52.0 Å². The molecule has 2 aromatic carbocycles. The summed E-state index contributed by atoms with van der Waals surface area (Å²) in [5, 5.41) is 3.17. The van der Waals surface area contributed by atoms with E-state index in [0.29, 0.717) is 5.75 Å². The number of thioether (sulfide) groups is 1. The predicted molar refractivity (Wildman–Crippen MR) is 111 cm³/mol. The largest absolute Gasteiger partial charge is 0.349 e. The summed E-state index contributed by atoms with van der Waals surface area (Å²) >= 11 is 5.09. The third-order valence-corrected chi connectivity index (χ3v) is 6.50. The van der Waals surface area contributed by atoms with Gasteiger partial charge < -0.3 is 5.32 Å². The van der Waals surface area contributed by atoms with Gasteiger partial charge in [0.2, 0.25) is 5.91 Å². The summed E-state index contributed by atoms with van der Waals surface area (Å²) in [5.41, 5.74) is 6.27. The number of carbonyl (C=O) groups is 1. The molecule has 1 N–H and O–H groups in total. The first-order valence-corrected chi connectivity index (χ1v) is 10.4. The molecule has 2 nitrogen and oxygen atoms in total. The molecule has 0 saturated heterocycles. The number of halogens is 1. The second kappa shape index (κ2) is 8.91. The lowest BCUT2D eigenvalue weighted by atomic mass is 10.0. The maximum atomic E-state index is 12.5. The molecule has 134 valence electrons. The Kier molecular flexibility index (Phi) is 7.14. The van der Waals surface area contributed by atoms with E-state index in [2.05, 4.69) is 74.1 Å². The topological polar surface area (TPSA) is 29.1 Å². The zero-order chi connectivity index (χ0) is 18.6. The molecule has 0 bridgehead atoms. The van der Waals surface area contributed by atoms with E-state index in [0.717, 1.165) is 16.5 Å². The SMILES string of the molecule is CC[C@@H](NC(=O)CSc1c(C)c(C)cc(C)c1C)c1ccc(Br)cc1. The van der Waals surface area contributed by atoms with Crippen LogP contribution < -0.4 is 5.32 Å². The highest BCUT2D eigenvalue weighted by molar-refractivity contribution is 9.10. The van der Waals surface area contributed by atoms with Crippen molar-refractivity contribution in [3.8, 4) is 0 Å². The number of carbonyl (C=O) groups excluding carboxylic acids is 1. The number of hydrogen-bond donors (Lipinski definition) is 1. The van der Waals surface area contributed by atoms with E-state index in [1.165, 1.54) is 27.1 Å². The zero-order valence-corrected chi connectivity index (χ0v) is 18.0. The van der Waals surface area contributed by atoms with Crippen molar-refractivity contribution >= 4 is 33.6 Å². The minimum atomic E-state index is 0.0580. The first-order chi connectivity index (χ1) is 11.8. The van der Waals surface area contributed by atoms with Crippen molar-refractivity contribution in [1.82, 2.24) is 5.32 Å². The fraction of sp³-hybridized carbons (Fsp3) is 0.381. The molecule has 0 heterocycles. The van der Waals surface area contributed by atoms with Crippen LogP contribution in [0.25, 0.3) is 0 Å². The van der Waals surface area contributed by atoms with E-state index in [9.17, 15) is 4.79 Å². The van der Waals surface area contributed by atoms with Gasteiger partial charge in [-0.15, -0.1) is 11.8 Å². The van der Waals surface area contributed by atoms with Gasteiger partial charge >= 0.3 is 0 Å². The molecule has 0 aromatic heterocycles. The predicted octanol–water partition coefficient (Wildman–Crippen LogP) is 6.04. The monoisotopic (exact) mass is 419 g/mol. The highest BCUT2D eigenvalue weighted by Crippen LogP contribution is 2.31. The van der Waals surface area contributed by atoms with Gasteiger partial charge in [0.25, 0.3) is 0 Å². The Balaban J connectivity index is 2.04. The summed E-state index contributed by atoms with van der Waals surface area (Å²) < 4.78 is 1.05. The Morgan fingerprint density at radius 2 is 1.64 bits per heavy atom. The molecule has 0 aliphatic rings. The molecular formula is C21H26BrNOS. The van der Waals surface area contributed by atoms with Crippen LogP contribution in [-0.4, -0.2) is 11.7 Å². The summed E-state index contributed by atoms with van der Waals surface area (Å²) in [5.74, 6) is 0.523. The van der Waals surface area contributed by atoms with Crippen molar-refractivity contribution in [3.05, 3.63) is 62.6 Å². The van der Waals surface area contributed by atoms with E-state index in [1.807, 2.05) is 12.1 Å². The van der Waals surface area contributed by atoms with Crippen LogP contribution in [0.1, 0.15) is 47.2 Å². The Hall–Kier alpha value is -1.26. The number of rotatable bonds is 6. The molecule has 1 amide bonds. The Morgan fingerprint density at radius 1 is 1.08 bits per heavy atom. The van der Waals surface area contributed by atoms with Crippen molar-refractivity contribution in [3.63, 3.8) is 0 Å². The maximum Gasteiger partial charge on any atom is 0.230 e. The smallest absolute Gasteiger partial charge is 0.230 e. The highest BCUT2D eigenvalue weighted by atomic mass is 79.9. The lowest BCUT2D eigenvalue weighted by Gasteiger charge is -2.19. The molecule has 0 aliphatic carbocycles. The third-order valence-electron chi connectivity index (χ3n) is 4.66. The average molecular weight is 420 g/mol. The van der Waals surface area contributed by atoms with Gasteiger partial charge in [-0.2, -0.15) is 0 Å². The molecule has 0 saturated carbocycles. The summed E-state index contributed by atoms with van der Waals surface area (Å²) in [7, 11) is 0. The van der Waals surface area contributed by atoms with Crippen LogP contribution in [0.2, 0.25) is 0 Å². The molecule has 0 aliphatic heterocycles. The second-order valence-corrected chi connectivity index (χ2v) is 8.36. The molecule has 1 atom stereocenters. The number of amides is 1. The molecule has 2 rings (SSSR count). The van der Waals surface area contributed by atoms with Crippen molar-refractivity contribution in [2.75, 3.05) is 5.75 Å². The fourth-order valence-corrected chi connectivity index (χ4v) is 4.27.